The Kier molecular flexibility index (Phi) is 4.66. The van der Waals surface area contributed by atoms with Crippen LogP contribution in [0, 0.1) is 23.2 Å². The van der Waals surface area contributed by atoms with Gasteiger partial charge in [-0.15, -0.1) is 0 Å². The van der Waals surface area contributed by atoms with Crippen LogP contribution in [0.4, 0.5) is 0 Å². The highest BCUT2D eigenvalue weighted by molar-refractivity contribution is 6.24. The summed E-state index contributed by atoms with van der Waals surface area (Å²) in [6, 6.07) is 3.50. The number of rotatable bonds is 2. The maximum Gasteiger partial charge on any atom is 0.255 e. The van der Waals surface area contributed by atoms with Crippen LogP contribution in [0.2, 0.25) is 0 Å². The molecular weight excluding hydrogens is 418 g/mol. The topological polar surface area (TPSA) is 185 Å². The number of carbonyl (C=O) groups excluding carboxylic acids is 3. The molecule has 1 amide bonds. The highest BCUT2D eigenvalue weighted by Gasteiger charge is 2.63. The number of Topliss-reactive ketones (excluding diaryl/α,β-unsaturated/α-hetero) is 2. The lowest BCUT2D eigenvalue weighted by Crippen LogP contribution is -2.63. The van der Waals surface area contributed by atoms with E-state index in [1.807, 2.05) is 6.07 Å². The summed E-state index contributed by atoms with van der Waals surface area (Å²) in [5.41, 5.74) is 1.82. The molecule has 0 bridgehead atoms. The fourth-order valence-electron chi connectivity index (χ4n) is 5.36. The zero-order chi connectivity index (χ0) is 23.7. The van der Waals surface area contributed by atoms with Crippen LogP contribution in [-0.4, -0.2) is 68.5 Å². The third-order valence-corrected chi connectivity index (χ3v) is 6.73. The number of amides is 1. The molecule has 0 aromatic heterocycles. The van der Waals surface area contributed by atoms with E-state index in [0.29, 0.717) is 5.56 Å². The molecule has 3 aliphatic carbocycles. The van der Waals surface area contributed by atoms with Gasteiger partial charge in [0.15, 0.2) is 11.4 Å². The van der Waals surface area contributed by atoms with E-state index in [2.05, 4.69) is 0 Å². The normalized spacial score (nSPS) is 29.4. The molecule has 0 unspecified atom stereocenters. The van der Waals surface area contributed by atoms with Gasteiger partial charge in [-0.25, -0.2) is 0 Å². The quantitative estimate of drug-likeness (QED) is 0.395. The molecule has 0 radical (unpaired) electrons. The highest BCUT2D eigenvalue weighted by atomic mass is 16.3. The van der Waals surface area contributed by atoms with E-state index in [0.717, 1.165) is 0 Å². The molecule has 4 rings (SSSR count). The van der Waals surface area contributed by atoms with Crippen molar-refractivity contribution in [2.75, 3.05) is 14.1 Å². The largest absolute Gasteiger partial charge is 0.510 e. The molecule has 1 aromatic carbocycles. The Morgan fingerprint density at radius 3 is 2.47 bits per heavy atom. The van der Waals surface area contributed by atoms with Crippen molar-refractivity contribution < 1.29 is 34.8 Å². The number of likely N-dealkylation sites (N-methyl/N-ethyl adjacent to an activating group) is 1. The number of nitriles is 1. The summed E-state index contributed by atoms with van der Waals surface area (Å²) in [7, 11) is 3.11. The number of hydrogen-bond donors (Lipinski definition) is 5. The second kappa shape index (κ2) is 6.91. The minimum absolute atomic E-state index is 0.0215. The smallest absolute Gasteiger partial charge is 0.255 e. The first-order valence-corrected chi connectivity index (χ1v) is 9.86. The number of aliphatic hydroxyl groups excluding tert-OH is 2. The van der Waals surface area contributed by atoms with E-state index in [9.17, 15) is 40.1 Å². The van der Waals surface area contributed by atoms with Crippen molar-refractivity contribution in [3.63, 3.8) is 0 Å². The van der Waals surface area contributed by atoms with Crippen molar-refractivity contribution >= 4 is 17.5 Å². The Labute approximate surface area is 182 Å². The molecule has 3 aliphatic rings. The first-order valence-electron chi connectivity index (χ1n) is 9.86. The van der Waals surface area contributed by atoms with Crippen LogP contribution < -0.4 is 5.73 Å². The van der Waals surface area contributed by atoms with Crippen LogP contribution in [0.15, 0.2) is 34.8 Å². The van der Waals surface area contributed by atoms with E-state index in [4.69, 9.17) is 5.73 Å². The van der Waals surface area contributed by atoms with Gasteiger partial charge in [0.1, 0.15) is 22.8 Å². The Hall–Kier alpha value is -3.68. The van der Waals surface area contributed by atoms with E-state index in [-0.39, 0.29) is 29.5 Å². The van der Waals surface area contributed by atoms with Crippen LogP contribution in [-0.2, 0) is 16.0 Å². The summed E-state index contributed by atoms with van der Waals surface area (Å²) >= 11 is 0. The average Bonchev–Trinajstić information content (AvgIpc) is 2.70. The van der Waals surface area contributed by atoms with Crippen LogP contribution in [0.5, 0.6) is 5.75 Å². The number of phenols is 1. The van der Waals surface area contributed by atoms with Gasteiger partial charge in [0.05, 0.1) is 23.2 Å². The molecule has 0 saturated heterocycles. The number of hydrogen-bond acceptors (Lipinski definition) is 9. The van der Waals surface area contributed by atoms with Crippen molar-refractivity contribution in [1.82, 2.24) is 4.90 Å². The van der Waals surface area contributed by atoms with Gasteiger partial charge in [0.25, 0.3) is 5.91 Å². The van der Waals surface area contributed by atoms with E-state index in [1.165, 1.54) is 17.0 Å². The zero-order valence-electron chi connectivity index (χ0n) is 17.3. The molecule has 10 heteroatoms. The van der Waals surface area contributed by atoms with Crippen LogP contribution in [0.1, 0.15) is 27.9 Å². The lowest BCUT2D eigenvalue weighted by molar-refractivity contribution is -0.148. The SMILES string of the molecule is CN(C)[C@H]1C(O)=C(C(N)=O)C(=O)[C@@]2(O)C(O)=C3C(=O)c4c(O)ccc(C#N)c4C[C@H]3C[C@H]12. The summed E-state index contributed by atoms with van der Waals surface area (Å²) in [6.45, 7) is 0. The van der Waals surface area contributed by atoms with Gasteiger partial charge >= 0.3 is 0 Å². The van der Waals surface area contributed by atoms with Crippen molar-refractivity contribution in [3.8, 4) is 11.8 Å². The molecule has 10 nitrogen and oxygen atoms in total. The number of fused-ring (bicyclic) bond motifs is 3. The van der Waals surface area contributed by atoms with Crippen LogP contribution in [0.3, 0.4) is 0 Å². The highest BCUT2D eigenvalue weighted by Crippen LogP contribution is 2.52. The number of allylic oxidation sites excluding steroid dienone is 1. The summed E-state index contributed by atoms with van der Waals surface area (Å²) < 4.78 is 0. The maximum atomic E-state index is 13.3. The summed E-state index contributed by atoms with van der Waals surface area (Å²) in [6.07, 6.45) is 0.0676. The summed E-state index contributed by atoms with van der Waals surface area (Å²) in [5.74, 6) is -7.13. The summed E-state index contributed by atoms with van der Waals surface area (Å²) in [4.78, 5) is 39.8. The van der Waals surface area contributed by atoms with Crippen molar-refractivity contribution in [3.05, 3.63) is 51.5 Å². The standard InChI is InChI=1S/C22H21N3O7/c1-25(2)16-11-6-9-5-10-8(7-23)3-4-12(26)14(10)17(27)13(9)19(29)22(11,32)20(30)15(18(16)28)21(24)31/h3-4,9,11,16,26,28-29,32H,5-6H2,1-2H3,(H2,24,31)/t9-,11+,16+,22-/m0/s1. The van der Waals surface area contributed by atoms with Gasteiger partial charge in [-0.1, -0.05) is 0 Å². The number of benzene rings is 1. The molecule has 1 aromatic rings. The van der Waals surface area contributed by atoms with Gasteiger partial charge in [-0.3, -0.25) is 19.3 Å². The van der Waals surface area contributed by atoms with Gasteiger partial charge < -0.3 is 26.2 Å². The molecule has 166 valence electrons. The number of aliphatic hydroxyl groups is 3. The molecule has 0 spiro atoms. The zero-order valence-corrected chi connectivity index (χ0v) is 17.3. The molecule has 0 heterocycles. The lowest BCUT2D eigenvalue weighted by atomic mass is 9.58. The maximum absolute atomic E-state index is 13.3. The fraction of sp³-hybridized carbons (Fsp3) is 0.364. The number of ketones is 2. The minimum Gasteiger partial charge on any atom is -0.510 e. The second-order valence-corrected chi connectivity index (χ2v) is 8.56. The average molecular weight is 439 g/mol. The van der Waals surface area contributed by atoms with E-state index < -0.39 is 63.8 Å². The van der Waals surface area contributed by atoms with E-state index >= 15 is 0 Å². The van der Waals surface area contributed by atoms with Crippen molar-refractivity contribution in [2.24, 2.45) is 17.6 Å². The molecule has 0 saturated carbocycles. The predicted molar refractivity (Wildman–Crippen MR) is 108 cm³/mol. The monoisotopic (exact) mass is 439 g/mol. The minimum atomic E-state index is -2.67. The van der Waals surface area contributed by atoms with Gasteiger partial charge in [0.2, 0.25) is 5.78 Å². The number of aromatic hydroxyl groups is 1. The van der Waals surface area contributed by atoms with Crippen molar-refractivity contribution in [2.45, 2.75) is 24.5 Å². The Balaban J connectivity index is 1.99. The van der Waals surface area contributed by atoms with Crippen LogP contribution >= 0.6 is 0 Å². The number of primary amides is 1. The number of nitrogens with two attached hydrogens (primary N) is 1. The number of phenolic OH excluding ortho intramolecular Hbond substituents is 1. The first kappa shape index (κ1) is 21.5. The van der Waals surface area contributed by atoms with Gasteiger partial charge in [-0.05, 0) is 50.6 Å². The predicted octanol–water partition coefficient (Wildman–Crippen LogP) is -0.00772. The molecular formula is C22H21N3O7. The third-order valence-electron chi connectivity index (χ3n) is 6.73. The molecule has 0 aliphatic heterocycles. The summed E-state index contributed by atoms with van der Waals surface area (Å²) in [5, 5.41) is 52.9. The molecule has 32 heavy (non-hydrogen) atoms. The number of nitrogens with zero attached hydrogens (tertiary/aromatic N) is 2. The second-order valence-electron chi connectivity index (χ2n) is 8.56. The Morgan fingerprint density at radius 1 is 1.25 bits per heavy atom. The van der Waals surface area contributed by atoms with Gasteiger partial charge in [-0.2, -0.15) is 5.26 Å². The molecule has 6 N–H and O–H groups in total. The number of carbonyl (C=O) groups is 3. The third kappa shape index (κ3) is 2.55. The fourth-order valence-corrected chi connectivity index (χ4v) is 5.36. The van der Waals surface area contributed by atoms with Crippen molar-refractivity contribution in [1.29, 1.82) is 5.26 Å². The Morgan fingerprint density at radius 2 is 1.91 bits per heavy atom. The molecule has 0 fully saturated rings. The Bertz CT molecular complexity index is 1210. The first-order chi connectivity index (χ1) is 15.0. The van der Waals surface area contributed by atoms with Gasteiger partial charge in [0, 0.05) is 11.5 Å². The molecule has 4 atom stereocenters. The lowest BCUT2D eigenvalue weighted by Gasteiger charge is -2.50. The van der Waals surface area contributed by atoms with E-state index in [1.54, 1.807) is 14.1 Å². The van der Waals surface area contributed by atoms with Crippen LogP contribution in [0.25, 0.3) is 0 Å².